The van der Waals surface area contributed by atoms with E-state index in [4.69, 9.17) is 19.5 Å². The SMILES string of the molecule is CCCCOC(=O)/C(C#N)=C/OCC(CC)OC. The third-order valence-electron chi connectivity index (χ3n) is 2.34. The molecular weight excluding hydrogens is 234 g/mol. The lowest BCUT2D eigenvalue weighted by molar-refractivity contribution is -0.138. The second-order valence-corrected chi connectivity index (χ2v) is 3.73. The molecule has 0 N–H and O–H groups in total. The Balaban J connectivity index is 4.15. The van der Waals surface area contributed by atoms with Crippen molar-refractivity contribution in [3.63, 3.8) is 0 Å². The highest BCUT2D eigenvalue weighted by Crippen LogP contribution is 2.02. The first-order chi connectivity index (χ1) is 8.69. The van der Waals surface area contributed by atoms with E-state index in [1.54, 1.807) is 13.2 Å². The molecule has 0 saturated heterocycles. The molecule has 0 aromatic heterocycles. The van der Waals surface area contributed by atoms with Gasteiger partial charge in [0.15, 0.2) is 5.57 Å². The molecule has 5 heteroatoms. The number of nitrogens with zero attached hydrogens (tertiary/aromatic N) is 1. The van der Waals surface area contributed by atoms with E-state index in [0.717, 1.165) is 25.5 Å². The smallest absolute Gasteiger partial charge is 0.352 e. The van der Waals surface area contributed by atoms with Crippen LogP contribution in [0.25, 0.3) is 0 Å². The highest BCUT2D eigenvalue weighted by Gasteiger charge is 2.11. The van der Waals surface area contributed by atoms with Crippen molar-refractivity contribution in [3.05, 3.63) is 11.8 Å². The van der Waals surface area contributed by atoms with Crippen molar-refractivity contribution >= 4 is 5.97 Å². The predicted molar refractivity (Wildman–Crippen MR) is 66.6 cm³/mol. The van der Waals surface area contributed by atoms with Gasteiger partial charge in [-0.3, -0.25) is 0 Å². The van der Waals surface area contributed by atoms with Gasteiger partial charge in [0.2, 0.25) is 0 Å². The standard InChI is InChI=1S/C13H21NO4/c1-4-6-7-18-13(15)11(8-14)9-17-10-12(5-2)16-3/h9,12H,4-7,10H2,1-3H3/b11-9+. The van der Waals surface area contributed by atoms with E-state index < -0.39 is 5.97 Å². The first-order valence-electron chi connectivity index (χ1n) is 6.11. The Morgan fingerprint density at radius 2 is 2.17 bits per heavy atom. The van der Waals surface area contributed by atoms with Crippen LogP contribution in [0, 0.1) is 11.3 Å². The zero-order chi connectivity index (χ0) is 13.8. The lowest BCUT2D eigenvalue weighted by Gasteiger charge is -2.11. The molecule has 0 amide bonds. The molecule has 0 aromatic carbocycles. The molecule has 18 heavy (non-hydrogen) atoms. The lowest BCUT2D eigenvalue weighted by Crippen LogP contribution is -2.16. The number of unbranched alkanes of at least 4 members (excludes halogenated alkanes) is 1. The fourth-order valence-electron chi connectivity index (χ4n) is 1.10. The molecule has 0 aromatic rings. The monoisotopic (exact) mass is 255 g/mol. The van der Waals surface area contributed by atoms with Gasteiger partial charge in [-0.15, -0.1) is 0 Å². The van der Waals surface area contributed by atoms with E-state index >= 15 is 0 Å². The number of rotatable bonds is 9. The number of carbonyl (C=O) groups is 1. The summed E-state index contributed by atoms with van der Waals surface area (Å²) in [6, 6.07) is 1.76. The number of hydrogen-bond donors (Lipinski definition) is 0. The second-order valence-electron chi connectivity index (χ2n) is 3.73. The molecule has 0 spiro atoms. The van der Waals surface area contributed by atoms with Crippen molar-refractivity contribution in [2.45, 2.75) is 39.2 Å². The minimum absolute atomic E-state index is 0.0442. The third kappa shape index (κ3) is 6.92. The Kier molecular flexibility index (Phi) is 9.70. The van der Waals surface area contributed by atoms with Gasteiger partial charge in [0.05, 0.1) is 12.7 Å². The molecule has 0 aliphatic heterocycles. The van der Waals surface area contributed by atoms with Crippen molar-refractivity contribution in [1.29, 1.82) is 5.26 Å². The van der Waals surface area contributed by atoms with Gasteiger partial charge < -0.3 is 14.2 Å². The van der Waals surface area contributed by atoms with Crippen LogP contribution in [0.1, 0.15) is 33.1 Å². The molecule has 1 unspecified atom stereocenters. The van der Waals surface area contributed by atoms with Gasteiger partial charge in [0.1, 0.15) is 18.9 Å². The van der Waals surface area contributed by atoms with Crippen LogP contribution in [0.15, 0.2) is 11.8 Å². The first kappa shape index (κ1) is 16.5. The van der Waals surface area contributed by atoms with E-state index in [9.17, 15) is 4.79 Å². The molecule has 0 fully saturated rings. The first-order valence-corrected chi connectivity index (χ1v) is 6.11. The van der Waals surface area contributed by atoms with E-state index in [1.165, 1.54) is 0 Å². The van der Waals surface area contributed by atoms with Crippen LogP contribution < -0.4 is 0 Å². The number of esters is 1. The Bertz CT molecular complexity index is 303. The largest absolute Gasteiger partial charge is 0.497 e. The average molecular weight is 255 g/mol. The number of methoxy groups -OCH3 is 1. The molecule has 0 heterocycles. The quantitative estimate of drug-likeness (QED) is 0.208. The molecular formula is C13H21NO4. The highest BCUT2D eigenvalue weighted by molar-refractivity contribution is 5.92. The van der Waals surface area contributed by atoms with Crippen LogP contribution in [0.3, 0.4) is 0 Å². The van der Waals surface area contributed by atoms with E-state index in [0.29, 0.717) is 13.2 Å². The zero-order valence-corrected chi connectivity index (χ0v) is 11.3. The maximum Gasteiger partial charge on any atom is 0.352 e. The molecule has 0 aliphatic rings. The summed E-state index contributed by atoms with van der Waals surface area (Å²) in [5.41, 5.74) is -0.128. The Hall–Kier alpha value is -1.54. The molecule has 5 nitrogen and oxygen atoms in total. The Labute approximate surface area is 108 Å². The number of carbonyl (C=O) groups excluding carboxylic acids is 1. The van der Waals surface area contributed by atoms with E-state index in [2.05, 4.69) is 0 Å². The third-order valence-corrected chi connectivity index (χ3v) is 2.34. The molecule has 0 bridgehead atoms. The van der Waals surface area contributed by atoms with Crippen LogP contribution in [0.2, 0.25) is 0 Å². The second kappa shape index (κ2) is 10.6. The average Bonchev–Trinajstić information content (AvgIpc) is 2.39. The normalized spacial score (nSPS) is 12.7. The summed E-state index contributed by atoms with van der Waals surface area (Å²) in [6.45, 7) is 4.59. The zero-order valence-electron chi connectivity index (χ0n) is 11.3. The fourth-order valence-corrected chi connectivity index (χ4v) is 1.10. The van der Waals surface area contributed by atoms with Crippen LogP contribution in [0.4, 0.5) is 0 Å². The minimum Gasteiger partial charge on any atom is -0.497 e. The summed E-state index contributed by atoms with van der Waals surface area (Å²) in [6.07, 6.45) is 3.61. The van der Waals surface area contributed by atoms with Crippen LogP contribution in [0.5, 0.6) is 0 Å². The van der Waals surface area contributed by atoms with Gasteiger partial charge in [-0.2, -0.15) is 5.26 Å². The summed E-state index contributed by atoms with van der Waals surface area (Å²) < 4.78 is 15.2. The van der Waals surface area contributed by atoms with Crippen molar-refractivity contribution < 1.29 is 19.0 Å². The maximum absolute atomic E-state index is 11.4. The van der Waals surface area contributed by atoms with E-state index in [1.807, 2.05) is 13.8 Å². The van der Waals surface area contributed by atoms with Crippen molar-refractivity contribution in [2.75, 3.05) is 20.3 Å². The van der Waals surface area contributed by atoms with E-state index in [-0.39, 0.29) is 11.7 Å². The summed E-state index contributed by atoms with van der Waals surface area (Å²) in [5.74, 6) is -0.642. The molecule has 102 valence electrons. The predicted octanol–water partition coefficient (Wildman–Crippen LogP) is 2.18. The van der Waals surface area contributed by atoms with Crippen molar-refractivity contribution in [2.24, 2.45) is 0 Å². The van der Waals surface area contributed by atoms with Gasteiger partial charge in [0.25, 0.3) is 0 Å². The summed E-state index contributed by atoms with van der Waals surface area (Å²) in [4.78, 5) is 11.4. The molecule has 0 aliphatic carbocycles. The summed E-state index contributed by atoms with van der Waals surface area (Å²) in [7, 11) is 1.59. The Morgan fingerprint density at radius 1 is 1.44 bits per heavy atom. The minimum atomic E-state index is -0.642. The Morgan fingerprint density at radius 3 is 2.67 bits per heavy atom. The van der Waals surface area contributed by atoms with Crippen molar-refractivity contribution in [1.82, 2.24) is 0 Å². The summed E-state index contributed by atoms with van der Waals surface area (Å²) in [5, 5.41) is 8.80. The number of nitriles is 1. The molecule has 0 rings (SSSR count). The molecule has 0 radical (unpaired) electrons. The van der Waals surface area contributed by atoms with Gasteiger partial charge in [-0.05, 0) is 12.8 Å². The summed E-state index contributed by atoms with van der Waals surface area (Å²) >= 11 is 0. The maximum atomic E-state index is 11.4. The van der Waals surface area contributed by atoms with Gasteiger partial charge in [-0.25, -0.2) is 4.79 Å². The highest BCUT2D eigenvalue weighted by atomic mass is 16.5. The van der Waals surface area contributed by atoms with Crippen LogP contribution in [-0.2, 0) is 19.0 Å². The van der Waals surface area contributed by atoms with Crippen LogP contribution in [-0.4, -0.2) is 32.4 Å². The molecule has 0 saturated carbocycles. The van der Waals surface area contributed by atoms with Gasteiger partial charge >= 0.3 is 5.97 Å². The topological polar surface area (TPSA) is 68.6 Å². The number of ether oxygens (including phenoxy) is 3. The molecule has 1 atom stereocenters. The van der Waals surface area contributed by atoms with Crippen LogP contribution >= 0.6 is 0 Å². The van der Waals surface area contributed by atoms with Gasteiger partial charge in [0, 0.05) is 7.11 Å². The fraction of sp³-hybridized carbons (Fsp3) is 0.692. The lowest BCUT2D eigenvalue weighted by atomic mass is 10.3. The van der Waals surface area contributed by atoms with Crippen molar-refractivity contribution in [3.8, 4) is 6.07 Å². The number of hydrogen-bond acceptors (Lipinski definition) is 5. The van der Waals surface area contributed by atoms with Gasteiger partial charge in [-0.1, -0.05) is 20.3 Å².